The number of piperidine rings is 1. The van der Waals surface area contributed by atoms with Gasteiger partial charge in [0, 0.05) is 18.8 Å². The number of likely N-dealkylation sites (tertiary alicyclic amines) is 1. The lowest BCUT2D eigenvalue weighted by atomic mass is 9.75. The quantitative estimate of drug-likeness (QED) is 0.746. The minimum atomic E-state index is -0.715. The summed E-state index contributed by atoms with van der Waals surface area (Å²) in [5.41, 5.74) is 3.26. The summed E-state index contributed by atoms with van der Waals surface area (Å²) in [7, 11) is 0. The third-order valence-corrected chi connectivity index (χ3v) is 5.67. The molecule has 1 heterocycles. The molecule has 5 heteroatoms. The molecule has 0 bridgehead atoms. The van der Waals surface area contributed by atoms with Gasteiger partial charge in [-0.1, -0.05) is 48.5 Å². The Kier molecular flexibility index (Phi) is 6.57. The second-order valence-corrected chi connectivity index (χ2v) is 7.89. The van der Waals surface area contributed by atoms with Crippen molar-refractivity contribution in [3.8, 4) is 0 Å². The van der Waals surface area contributed by atoms with E-state index in [1.54, 1.807) is 4.90 Å². The topological polar surface area (TPSA) is 58.6 Å². The molecule has 1 aliphatic heterocycles. The fourth-order valence-electron chi connectivity index (χ4n) is 4.16. The van der Waals surface area contributed by atoms with Crippen molar-refractivity contribution in [2.75, 3.05) is 25.0 Å². The third kappa shape index (κ3) is 4.78. The third-order valence-electron chi connectivity index (χ3n) is 5.67. The molecule has 0 radical (unpaired) electrons. The van der Waals surface area contributed by atoms with Crippen molar-refractivity contribution in [3.05, 3.63) is 65.2 Å². The summed E-state index contributed by atoms with van der Waals surface area (Å²) in [6.07, 6.45) is 2.06. The van der Waals surface area contributed by atoms with Crippen LogP contribution < -0.4 is 5.32 Å². The maximum absolute atomic E-state index is 13.1. The van der Waals surface area contributed by atoms with Gasteiger partial charge in [-0.05, 0) is 56.7 Å². The van der Waals surface area contributed by atoms with Gasteiger partial charge in [-0.2, -0.15) is 0 Å². The SMILES string of the molecule is CCOC(=O)C1(Cc2ccccc2)CCCN(C(=O)Nc2c(C)cccc2C)C1. The number of para-hydroxylation sites is 1. The van der Waals surface area contributed by atoms with E-state index in [0.29, 0.717) is 32.5 Å². The van der Waals surface area contributed by atoms with E-state index in [1.807, 2.05) is 69.3 Å². The predicted octanol–water partition coefficient (Wildman–Crippen LogP) is 4.72. The molecule has 1 unspecified atom stereocenters. The summed E-state index contributed by atoms with van der Waals surface area (Å²) in [5.74, 6) is -0.214. The molecule has 0 aliphatic carbocycles. The Morgan fingerprint density at radius 1 is 1.07 bits per heavy atom. The molecule has 154 valence electrons. The van der Waals surface area contributed by atoms with E-state index in [4.69, 9.17) is 4.74 Å². The number of hydrogen-bond donors (Lipinski definition) is 1. The first kappa shape index (κ1) is 20.9. The number of esters is 1. The van der Waals surface area contributed by atoms with Gasteiger partial charge >= 0.3 is 12.0 Å². The van der Waals surface area contributed by atoms with Crippen LogP contribution in [0.15, 0.2) is 48.5 Å². The Labute approximate surface area is 173 Å². The summed E-state index contributed by atoms with van der Waals surface area (Å²) < 4.78 is 5.44. The van der Waals surface area contributed by atoms with Crippen molar-refractivity contribution in [3.63, 3.8) is 0 Å². The van der Waals surface area contributed by atoms with Crippen molar-refractivity contribution >= 4 is 17.7 Å². The van der Waals surface area contributed by atoms with Gasteiger partial charge in [0.25, 0.3) is 0 Å². The first-order valence-corrected chi connectivity index (χ1v) is 10.3. The average Bonchev–Trinajstić information content (AvgIpc) is 2.72. The molecule has 1 aliphatic rings. The Hall–Kier alpha value is -2.82. The highest BCUT2D eigenvalue weighted by molar-refractivity contribution is 5.91. The molecule has 5 nitrogen and oxygen atoms in total. The van der Waals surface area contributed by atoms with Crippen molar-refractivity contribution < 1.29 is 14.3 Å². The molecule has 3 rings (SSSR count). The molecule has 1 fully saturated rings. The van der Waals surface area contributed by atoms with Crippen LogP contribution in [-0.2, 0) is 16.0 Å². The molecule has 2 amide bonds. The van der Waals surface area contributed by atoms with E-state index in [0.717, 1.165) is 28.8 Å². The van der Waals surface area contributed by atoms with E-state index >= 15 is 0 Å². The van der Waals surface area contributed by atoms with Crippen LogP contribution in [0, 0.1) is 19.3 Å². The van der Waals surface area contributed by atoms with E-state index < -0.39 is 5.41 Å². The van der Waals surface area contributed by atoms with Gasteiger partial charge in [-0.25, -0.2) is 4.79 Å². The standard InChI is InChI=1S/C24H30N2O3/c1-4-29-22(27)24(16-20-12-6-5-7-13-20)14-9-15-26(17-24)23(28)25-21-18(2)10-8-11-19(21)3/h5-8,10-13H,4,9,14-17H2,1-3H3,(H,25,28). The van der Waals surface area contributed by atoms with E-state index in [1.165, 1.54) is 0 Å². The second kappa shape index (κ2) is 9.12. The Bertz CT molecular complexity index is 845. The lowest BCUT2D eigenvalue weighted by Gasteiger charge is -2.41. The molecule has 2 aromatic rings. The molecule has 2 aromatic carbocycles. The lowest BCUT2D eigenvalue weighted by Crippen LogP contribution is -2.52. The molecular formula is C24H30N2O3. The summed E-state index contributed by atoms with van der Waals surface area (Å²) in [5, 5.41) is 3.06. The molecule has 1 atom stereocenters. The van der Waals surface area contributed by atoms with Crippen molar-refractivity contribution in [1.82, 2.24) is 4.90 Å². The van der Waals surface area contributed by atoms with E-state index in [2.05, 4.69) is 5.32 Å². The van der Waals surface area contributed by atoms with Crippen LogP contribution in [0.25, 0.3) is 0 Å². The number of anilines is 1. The van der Waals surface area contributed by atoms with Crippen LogP contribution in [0.5, 0.6) is 0 Å². The van der Waals surface area contributed by atoms with Gasteiger partial charge in [-0.3, -0.25) is 4.79 Å². The lowest BCUT2D eigenvalue weighted by molar-refractivity contribution is -0.158. The van der Waals surface area contributed by atoms with Gasteiger partial charge in [0.1, 0.15) is 0 Å². The first-order chi connectivity index (χ1) is 13.9. The fraction of sp³-hybridized carbons (Fsp3) is 0.417. The summed E-state index contributed by atoms with van der Waals surface area (Å²) in [4.78, 5) is 27.8. The Morgan fingerprint density at radius 2 is 1.76 bits per heavy atom. The summed E-state index contributed by atoms with van der Waals surface area (Å²) in [6.45, 7) is 7.12. The highest BCUT2D eigenvalue weighted by atomic mass is 16.5. The maximum Gasteiger partial charge on any atom is 0.321 e. The highest BCUT2D eigenvalue weighted by Gasteiger charge is 2.44. The molecule has 29 heavy (non-hydrogen) atoms. The number of rotatable bonds is 5. The molecule has 1 saturated heterocycles. The Morgan fingerprint density at radius 3 is 2.41 bits per heavy atom. The van der Waals surface area contributed by atoms with Gasteiger partial charge in [-0.15, -0.1) is 0 Å². The number of nitrogens with zero attached hydrogens (tertiary/aromatic N) is 1. The second-order valence-electron chi connectivity index (χ2n) is 7.89. The predicted molar refractivity (Wildman–Crippen MR) is 115 cm³/mol. The van der Waals surface area contributed by atoms with Gasteiger partial charge in [0.15, 0.2) is 0 Å². The van der Waals surface area contributed by atoms with E-state index in [9.17, 15) is 9.59 Å². The summed E-state index contributed by atoms with van der Waals surface area (Å²) >= 11 is 0. The number of carbonyl (C=O) groups excluding carboxylic acids is 2. The maximum atomic E-state index is 13.1. The Balaban J connectivity index is 1.82. The monoisotopic (exact) mass is 394 g/mol. The number of benzene rings is 2. The van der Waals surface area contributed by atoms with Crippen molar-refractivity contribution in [2.45, 2.75) is 40.0 Å². The average molecular weight is 395 g/mol. The van der Waals surface area contributed by atoms with Crippen LogP contribution in [-0.4, -0.2) is 36.6 Å². The van der Waals surface area contributed by atoms with E-state index in [-0.39, 0.29) is 12.0 Å². The van der Waals surface area contributed by atoms with Crippen molar-refractivity contribution in [1.29, 1.82) is 0 Å². The number of carbonyl (C=O) groups is 2. The zero-order valence-electron chi connectivity index (χ0n) is 17.5. The van der Waals surface area contributed by atoms with Gasteiger partial charge in [0.05, 0.1) is 12.0 Å². The zero-order valence-corrected chi connectivity index (χ0v) is 17.5. The summed E-state index contributed by atoms with van der Waals surface area (Å²) in [6, 6.07) is 15.7. The van der Waals surface area contributed by atoms with Crippen LogP contribution >= 0.6 is 0 Å². The number of ether oxygens (including phenoxy) is 1. The number of amides is 2. The molecular weight excluding hydrogens is 364 g/mol. The first-order valence-electron chi connectivity index (χ1n) is 10.3. The number of hydrogen-bond acceptors (Lipinski definition) is 3. The van der Waals surface area contributed by atoms with Crippen LogP contribution in [0.2, 0.25) is 0 Å². The smallest absolute Gasteiger partial charge is 0.321 e. The molecule has 1 N–H and O–H groups in total. The minimum absolute atomic E-state index is 0.163. The zero-order chi connectivity index (χ0) is 20.9. The number of nitrogens with one attached hydrogen (secondary N) is 1. The molecule has 0 aromatic heterocycles. The molecule has 0 saturated carbocycles. The van der Waals surface area contributed by atoms with Crippen LogP contribution in [0.4, 0.5) is 10.5 Å². The highest BCUT2D eigenvalue weighted by Crippen LogP contribution is 2.36. The fourth-order valence-corrected chi connectivity index (χ4v) is 4.16. The molecule has 0 spiro atoms. The number of urea groups is 1. The normalized spacial score (nSPS) is 18.9. The minimum Gasteiger partial charge on any atom is -0.466 e. The van der Waals surface area contributed by atoms with Crippen molar-refractivity contribution in [2.24, 2.45) is 5.41 Å². The number of aryl methyl sites for hydroxylation is 2. The van der Waals surface area contributed by atoms with Crippen LogP contribution in [0.1, 0.15) is 36.5 Å². The van der Waals surface area contributed by atoms with Crippen LogP contribution in [0.3, 0.4) is 0 Å². The van der Waals surface area contributed by atoms with Gasteiger partial charge < -0.3 is 15.0 Å². The van der Waals surface area contributed by atoms with Gasteiger partial charge in [0.2, 0.25) is 0 Å². The largest absolute Gasteiger partial charge is 0.466 e.